The summed E-state index contributed by atoms with van der Waals surface area (Å²) in [5, 5.41) is 3.51. The van der Waals surface area contributed by atoms with Crippen LogP contribution in [0.4, 0.5) is 5.69 Å². The molecule has 0 amide bonds. The number of sulfonamides is 1. The number of ether oxygens (including phenoxy) is 1. The number of thiazole rings is 1. The number of anilines is 1. The van der Waals surface area contributed by atoms with Crippen LogP contribution in [0.15, 0.2) is 52.2 Å². The highest BCUT2D eigenvalue weighted by molar-refractivity contribution is 7.94. The number of esters is 1. The summed E-state index contributed by atoms with van der Waals surface area (Å²) in [6.45, 7) is 7.55. The zero-order chi connectivity index (χ0) is 27.3. The smallest absolute Gasteiger partial charge is 0.320 e. The lowest BCUT2D eigenvalue weighted by atomic mass is 10.1. The SMILES string of the molecule is CCCC(C)CN(c1cccc2cc(-c3ncc(CN(C)CC(=O)OCC)s3)[nH]c12)S(=O)(=O)c1cccs1. The van der Waals surface area contributed by atoms with Gasteiger partial charge in [-0.15, -0.1) is 22.7 Å². The second-order valence-electron chi connectivity index (χ2n) is 9.40. The topological polar surface area (TPSA) is 95.6 Å². The van der Waals surface area contributed by atoms with Gasteiger partial charge in [-0.1, -0.05) is 38.5 Å². The van der Waals surface area contributed by atoms with Crippen molar-refractivity contribution < 1.29 is 17.9 Å². The lowest BCUT2D eigenvalue weighted by Crippen LogP contribution is -2.34. The summed E-state index contributed by atoms with van der Waals surface area (Å²) in [6, 6.07) is 11.2. The van der Waals surface area contributed by atoms with Gasteiger partial charge in [0, 0.05) is 29.5 Å². The van der Waals surface area contributed by atoms with E-state index in [9.17, 15) is 13.2 Å². The van der Waals surface area contributed by atoms with Crippen LogP contribution in [-0.2, 0) is 26.1 Å². The summed E-state index contributed by atoms with van der Waals surface area (Å²) >= 11 is 2.77. The average Bonchev–Trinajstić information content (AvgIpc) is 3.63. The summed E-state index contributed by atoms with van der Waals surface area (Å²) in [4.78, 5) is 22.7. The first-order chi connectivity index (χ1) is 18.2. The molecule has 0 bridgehead atoms. The molecule has 0 spiro atoms. The lowest BCUT2D eigenvalue weighted by molar-refractivity contribution is -0.144. The number of H-pyrrole nitrogens is 1. The van der Waals surface area contributed by atoms with Gasteiger partial charge in [-0.3, -0.25) is 14.0 Å². The van der Waals surface area contributed by atoms with Crippen LogP contribution in [0, 0.1) is 5.92 Å². The first kappa shape index (κ1) is 28.3. The Hall–Kier alpha value is -2.73. The summed E-state index contributed by atoms with van der Waals surface area (Å²) in [5.41, 5.74) is 2.23. The first-order valence-corrected chi connectivity index (χ1v) is 15.8. The van der Waals surface area contributed by atoms with Crippen LogP contribution in [0.25, 0.3) is 21.6 Å². The van der Waals surface area contributed by atoms with E-state index in [0.29, 0.717) is 29.6 Å². The Balaban J connectivity index is 1.65. The number of nitrogens with zero attached hydrogens (tertiary/aromatic N) is 3. The lowest BCUT2D eigenvalue weighted by Gasteiger charge is -2.27. The number of carbonyl (C=O) groups is 1. The van der Waals surface area contributed by atoms with Gasteiger partial charge in [-0.05, 0) is 49.9 Å². The third-order valence-electron chi connectivity index (χ3n) is 6.12. The number of hydrogen-bond acceptors (Lipinski definition) is 8. The molecule has 0 radical (unpaired) electrons. The molecule has 204 valence electrons. The molecule has 11 heteroatoms. The van der Waals surface area contributed by atoms with E-state index in [0.717, 1.165) is 39.3 Å². The van der Waals surface area contributed by atoms with E-state index in [2.05, 4.69) is 23.8 Å². The highest BCUT2D eigenvalue weighted by Crippen LogP contribution is 2.36. The maximum absolute atomic E-state index is 13.8. The third kappa shape index (κ3) is 6.45. The van der Waals surface area contributed by atoms with Crippen LogP contribution in [-0.4, -0.2) is 56.0 Å². The minimum Gasteiger partial charge on any atom is -0.465 e. The molecule has 8 nitrogen and oxygen atoms in total. The summed E-state index contributed by atoms with van der Waals surface area (Å²) < 4.78 is 34.4. The molecular weight excluding hydrogens is 541 g/mol. The van der Waals surface area contributed by atoms with Crippen molar-refractivity contribution in [3.63, 3.8) is 0 Å². The van der Waals surface area contributed by atoms with Crippen molar-refractivity contribution in [3.8, 4) is 10.7 Å². The summed E-state index contributed by atoms with van der Waals surface area (Å²) in [7, 11) is -1.85. The van der Waals surface area contributed by atoms with Crippen LogP contribution in [0.3, 0.4) is 0 Å². The highest BCUT2D eigenvalue weighted by Gasteiger charge is 2.29. The molecule has 0 aliphatic rings. The predicted octanol–water partition coefficient (Wildman–Crippen LogP) is 5.98. The monoisotopic (exact) mass is 574 g/mol. The van der Waals surface area contributed by atoms with E-state index in [4.69, 9.17) is 4.74 Å². The molecule has 38 heavy (non-hydrogen) atoms. The number of fused-ring (bicyclic) bond motifs is 1. The number of carbonyl (C=O) groups excluding carboxylic acids is 1. The number of aromatic nitrogens is 2. The molecule has 3 aromatic heterocycles. The maximum atomic E-state index is 13.8. The zero-order valence-electron chi connectivity index (χ0n) is 22.1. The number of likely N-dealkylation sites (N-methyl/N-ethyl adjacent to an activating group) is 1. The summed E-state index contributed by atoms with van der Waals surface area (Å²) in [6.07, 6.45) is 3.75. The van der Waals surface area contributed by atoms with Crippen molar-refractivity contribution in [2.75, 3.05) is 31.0 Å². The fourth-order valence-corrected chi connectivity index (χ4v) is 8.09. The Morgan fingerprint density at radius 3 is 2.74 bits per heavy atom. The van der Waals surface area contributed by atoms with Crippen LogP contribution in [0.5, 0.6) is 0 Å². The van der Waals surface area contributed by atoms with Crippen molar-refractivity contribution in [2.45, 2.75) is 44.4 Å². The molecule has 1 unspecified atom stereocenters. The molecule has 0 fully saturated rings. The second-order valence-corrected chi connectivity index (χ2v) is 13.5. The molecule has 3 heterocycles. The molecule has 0 saturated heterocycles. The Morgan fingerprint density at radius 2 is 2.03 bits per heavy atom. The number of thiophene rings is 1. The first-order valence-electron chi connectivity index (χ1n) is 12.7. The van der Waals surface area contributed by atoms with Gasteiger partial charge in [-0.25, -0.2) is 13.4 Å². The molecule has 0 saturated carbocycles. The Kier molecular flexibility index (Phi) is 9.24. The Labute approximate surface area is 232 Å². The van der Waals surface area contributed by atoms with Crippen LogP contribution >= 0.6 is 22.7 Å². The molecule has 1 aromatic carbocycles. The Bertz CT molecular complexity index is 1460. The van der Waals surface area contributed by atoms with Crippen molar-refractivity contribution in [1.82, 2.24) is 14.9 Å². The van der Waals surface area contributed by atoms with Gasteiger partial charge < -0.3 is 9.72 Å². The predicted molar refractivity (Wildman–Crippen MR) is 155 cm³/mol. The molecule has 1 atom stereocenters. The molecule has 1 N–H and O–H groups in total. The van der Waals surface area contributed by atoms with E-state index in [1.165, 1.54) is 22.7 Å². The molecular formula is C27H34N4O4S3. The van der Waals surface area contributed by atoms with Crippen molar-refractivity contribution in [3.05, 3.63) is 52.9 Å². The fourth-order valence-electron chi connectivity index (χ4n) is 4.43. The summed E-state index contributed by atoms with van der Waals surface area (Å²) in [5.74, 6) is -0.0502. The second kappa shape index (κ2) is 12.4. The number of benzene rings is 1. The van der Waals surface area contributed by atoms with Crippen molar-refractivity contribution in [1.29, 1.82) is 0 Å². The molecule has 0 aliphatic carbocycles. The van der Waals surface area contributed by atoms with E-state index < -0.39 is 10.0 Å². The van der Waals surface area contributed by atoms with Gasteiger partial charge in [0.2, 0.25) is 0 Å². The molecule has 0 aliphatic heterocycles. The maximum Gasteiger partial charge on any atom is 0.320 e. The highest BCUT2D eigenvalue weighted by atomic mass is 32.2. The van der Waals surface area contributed by atoms with Crippen LogP contribution in [0.2, 0.25) is 0 Å². The average molecular weight is 575 g/mol. The minimum absolute atomic E-state index is 0.201. The van der Waals surface area contributed by atoms with Gasteiger partial charge in [0.25, 0.3) is 10.0 Å². The number of hydrogen-bond donors (Lipinski definition) is 1. The van der Waals surface area contributed by atoms with E-state index in [1.807, 2.05) is 42.4 Å². The van der Waals surface area contributed by atoms with Gasteiger partial charge in [0.15, 0.2) is 0 Å². The van der Waals surface area contributed by atoms with Gasteiger partial charge in [0.1, 0.15) is 9.22 Å². The van der Waals surface area contributed by atoms with Gasteiger partial charge >= 0.3 is 5.97 Å². The van der Waals surface area contributed by atoms with Crippen molar-refractivity contribution in [2.24, 2.45) is 5.92 Å². The van der Waals surface area contributed by atoms with E-state index in [-0.39, 0.29) is 18.4 Å². The minimum atomic E-state index is -3.72. The van der Waals surface area contributed by atoms with Gasteiger partial charge in [-0.2, -0.15) is 0 Å². The zero-order valence-corrected chi connectivity index (χ0v) is 24.6. The molecule has 4 rings (SSSR count). The van der Waals surface area contributed by atoms with E-state index >= 15 is 0 Å². The van der Waals surface area contributed by atoms with Crippen molar-refractivity contribution >= 4 is 55.3 Å². The quantitative estimate of drug-likeness (QED) is 0.197. The largest absolute Gasteiger partial charge is 0.465 e. The van der Waals surface area contributed by atoms with Gasteiger partial charge in [0.05, 0.1) is 30.0 Å². The number of aromatic amines is 1. The number of rotatable bonds is 13. The normalized spacial score (nSPS) is 12.8. The van der Waals surface area contributed by atoms with Crippen LogP contribution < -0.4 is 4.31 Å². The van der Waals surface area contributed by atoms with E-state index in [1.54, 1.807) is 28.7 Å². The molecule has 4 aromatic rings. The number of para-hydroxylation sites is 1. The fraction of sp³-hybridized carbons (Fsp3) is 0.407. The number of nitrogens with one attached hydrogen (secondary N) is 1. The standard InChI is InChI=1S/C27H34N4O4S3/c1-5-9-19(3)16-31(38(33,34)25-12-8-13-36-25)23-11-7-10-20-14-22(29-26(20)23)27-28-15-21(37-27)17-30(4)18-24(32)35-6-2/h7-8,10-15,19,29H,5-6,9,16-18H2,1-4H3. The van der Waals surface area contributed by atoms with Crippen LogP contribution in [0.1, 0.15) is 38.5 Å². The third-order valence-corrected chi connectivity index (χ3v) is 10.3. The Morgan fingerprint density at radius 1 is 1.21 bits per heavy atom.